The van der Waals surface area contributed by atoms with Gasteiger partial charge in [-0.1, -0.05) is 6.92 Å². The molecule has 1 aromatic heterocycles. The molecule has 0 saturated heterocycles. The molecule has 5 nitrogen and oxygen atoms in total. The van der Waals surface area contributed by atoms with Gasteiger partial charge in [-0.2, -0.15) is 5.10 Å². The van der Waals surface area contributed by atoms with Gasteiger partial charge in [0.2, 0.25) is 0 Å². The van der Waals surface area contributed by atoms with Crippen LogP contribution in [0.1, 0.15) is 32.4 Å². The minimum Gasteiger partial charge on any atom is -0.309 e. The van der Waals surface area contributed by atoms with Gasteiger partial charge in [-0.05, 0) is 13.8 Å². The second-order valence-corrected chi connectivity index (χ2v) is 6.51. The maximum absolute atomic E-state index is 11.3. The summed E-state index contributed by atoms with van der Waals surface area (Å²) in [7, 11) is -2.88. The van der Waals surface area contributed by atoms with E-state index in [1.165, 1.54) is 0 Å². The fourth-order valence-corrected chi connectivity index (χ4v) is 2.19. The lowest BCUT2D eigenvalue weighted by atomic mass is 10.2. The van der Waals surface area contributed by atoms with Crippen LogP contribution in [0.4, 0.5) is 0 Å². The largest absolute Gasteiger partial charge is 0.309 e. The van der Waals surface area contributed by atoms with Crippen molar-refractivity contribution in [2.45, 2.75) is 33.4 Å². The Morgan fingerprint density at radius 1 is 1.47 bits per heavy atom. The van der Waals surface area contributed by atoms with Crippen molar-refractivity contribution in [3.05, 3.63) is 18.0 Å². The van der Waals surface area contributed by atoms with Crippen molar-refractivity contribution in [2.24, 2.45) is 0 Å². The maximum atomic E-state index is 11.3. The molecule has 6 heteroatoms. The van der Waals surface area contributed by atoms with Gasteiger partial charge in [0.25, 0.3) is 0 Å². The molecule has 0 amide bonds. The van der Waals surface area contributed by atoms with Crippen LogP contribution >= 0.6 is 0 Å². The van der Waals surface area contributed by atoms with Crippen LogP contribution in [0.15, 0.2) is 12.4 Å². The van der Waals surface area contributed by atoms with E-state index < -0.39 is 9.84 Å². The van der Waals surface area contributed by atoms with Crippen LogP contribution in [0.2, 0.25) is 0 Å². The van der Waals surface area contributed by atoms with Crippen molar-refractivity contribution < 1.29 is 8.42 Å². The highest BCUT2D eigenvalue weighted by Gasteiger charge is 2.10. The topological polar surface area (TPSA) is 64.0 Å². The fourth-order valence-electron chi connectivity index (χ4n) is 1.47. The Kier molecular flexibility index (Phi) is 5.14. The lowest BCUT2D eigenvalue weighted by Gasteiger charge is -2.11. The molecule has 0 bridgehead atoms. The molecule has 0 aliphatic heterocycles. The van der Waals surface area contributed by atoms with Crippen molar-refractivity contribution in [3.8, 4) is 0 Å². The molecule has 0 radical (unpaired) electrons. The number of aryl methyl sites for hydroxylation is 1. The number of nitrogens with one attached hydrogen (secondary N) is 1. The van der Waals surface area contributed by atoms with E-state index in [4.69, 9.17) is 0 Å². The number of hydrogen-bond donors (Lipinski definition) is 1. The highest BCUT2D eigenvalue weighted by molar-refractivity contribution is 7.91. The molecule has 1 heterocycles. The van der Waals surface area contributed by atoms with Gasteiger partial charge in [-0.15, -0.1) is 0 Å². The van der Waals surface area contributed by atoms with E-state index in [1.807, 2.05) is 30.9 Å². The molecule has 1 unspecified atom stereocenters. The molecule has 0 aromatic carbocycles. The molecule has 0 saturated carbocycles. The summed E-state index contributed by atoms with van der Waals surface area (Å²) in [5, 5.41) is 7.38. The normalized spacial score (nSPS) is 13.8. The second-order valence-electron chi connectivity index (χ2n) is 4.04. The lowest BCUT2D eigenvalue weighted by Crippen LogP contribution is -2.26. The van der Waals surface area contributed by atoms with Gasteiger partial charge < -0.3 is 5.32 Å². The Labute approximate surface area is 103 Å². The molecule has 98 valence electrons. The summed E-state index contributed by atoms with van der Waals surface area (Å²) < 4.78 is 24.5. The average molecular weight is 259 g/mol. The average Bonchev–Trinajstić information content (AvgIpc) is 2.77. The number of aromatic nitrogens is 2. The third kappa shape index (κ3) is 4.47. The molecule has 17 heavy (non-hydrogen) atoms. The van der Waals surface area contributed by atoms with Crippen LogP contribution < -0.4 is 5.32 Å². The quantitative estimate of drug-likeness (QED) is 0.793. The number of hydrogen-bond acceptors (Lipinski definition) is 4. The molecular formula is C11H21N3O2S. The third-order valence-corrected chi connectivity index (χ3v) is 4.49. The summed E-state index contributed by atoms with van der Waals surface area (Å²) in [6, 6.07) is 0.127. The summed E-state index contributed by atoms with van der Waals surface area (Å²) in [5.74, 6) is 0.395. The van der Waals surface area contributed by atoms with Crippen LogP contribution in [0.3, 0.4) is 0 Å². The Hall–Kier alpha value is -0.880. The molecular weight excluding hydrogens is 238 g/mol. The van der Waals surface area contributed by atoms with E-state index in [0.717, 1.165) is 12.1 Å². The van der Waals surface area contributed by atoms with Gasteiger partial charge in [0.15, 0.2) is 9.84 Å². The summed E-state index contributed by atoms with van der Waals surface area (Å²) >= 11 is 0. The second kappa shape index (κ2) is 6.16. The first-order valence-corrected chi connectivity index (χ1v) is 7.76. The Balaban J connectivity index is 2.42. The van der Waals surface area contributed by atoms with Crippen molar-refractivity contribution >= 4 is 9.84 Å². The minimum absolute atomic E-state index is 0.127. The zero-order valence-electron chi connectivity index (χ0n) is 10.7. The van der Waals surface area contributed by atoms with Crippen molar-refractivity contribution in [3.63, 3.8) is 0 Å². The van der Waals surface area contributed by atoms with E-state index in [-0.39, 0.29) is 17.5 Å². The van der Waals surface area contributed by atoms with E-state index in [9.17, 15) is 8.42 Å². The Morgan fingerprint density at radius 3 is 2.71 bits per heavy atom. The highest BCUT2D eigenvalue weighted by Crippen LogP contribution is 2.10. The predicted molar refractivity (Wildman–Crippen MR) is 68.6 cm³/mol. The van der Waals surface area contributed by atoms with Crippen molar-refractivity contribution in [1.82, 2.24) is 15.1 Å². The smallest absolute Gasteiger partial charge is 0.151 e. The van der Waals surface area contributed by atoms with E-state index >= 15 is 0 Å². The summed E-state index contributed by atoms with van der Waals surface area (Å²) in [6.45, 7) is 7.04. The van der Waals surface area contributed by atoms with Gasteiger partial charge in [0.1, 0.15) is 0 Å². The monoisotopic (exact) mass is 259 g/mol. The SMILES string of the molecule is CCn1cc(C(C)NCCS(=O)(=O)CC)cn1. The van der Waals surface area contributed by atoms with Crippen molar-refractivity contribution in [2.75, 3.05) is 18.1 Å². The molecule has 0 aliphatic rings. The molecule has 1 rings (SSSR count). The summed E-state index contributed by atoms with van der Waals surface area (Å²) in [5.41, 5.74) is 1.08. The molecule has 1 N–H and O–H groups in total. The minimum atomic E-state index is -2.88. The van der Waals surface area contributed by atoms with E-state index in [1.54, 1.807) is 6.92 Å². The van der Waals surface area contributed by atoms with Gasteiger partial charge in [0.05, 0.1) is 11.9 Å². The first kappa shape index (κ1) is 14.2. The predicted octanol–water partition coefficient (Wildman–Crippen LogP) is 0.988. The number of sulfone groups is 1. The molecule has 1 atom stereocenters. The molecule has 1 aromatic rings. The van der Waals surface area contributed by atoms with Crippen LogP contribution in [0, 0.1) is 0 Å². The number of nitrogens with zero attached hydrogens (tertiary/aromatic N) is 2. The summed E-state index contributed by atoms with van der Waals surface area (Å²) in [6.07, 6.45) is 3.79. The third-order valence-electron chi connectivity index (χ3n) is 2.78. The van der Waals surface area contributed by atoms with Gasteiger partial charge >= 0.3 is 0 Å². The van der Waals surface area contributed by atoms with Gasteiger partial charge in [-0.3, -0.25) is 4.68 Å². The zero-order valence-corrected chi connectivity index (χ0v) is 11.5. The Morgan fingerprint density at radius 2 is 2.18 bits per heavy atom. The van der Waals surface area contributed by atoms with Crippen molar-refractivity contribution in [1.29, 1.82) is 0 Å². The van der Waals surface area contributed by atoms with Gasteiger partial charge in [0, 0.05) is 36.6 Å². The van der Waals surface area contributed by atoms with Crippen LogP contribution in [-0.4, -0.2) is 36.2 Å². The van der Waals surface area contributed by atoms with E-state index in [0.29, 0.717) is 6.54 Å². The van der Waals surface area contributed by atoms with Crippen LogP contribution in [0.5, 0.6) is 0 Å². The highest BCUT2D eigenvalue weighted by atomic mass is 32.2. The first-order valence-electron chi connectivity index (χ1n) is 5.94. The maximum Gasteiger partial charge on any atom is 0.151 e. The summed E-state index contributed by atoms with van der Waals surface area (Å²) in [4.78, 5) is 0. The molecule has 0 fully saturated rings. The first-order chi connectivity index (χ1) is 7.98. The lowest BCUT2D eigenvalue weighted by molar-refractivity contribution is 0.572. The van der Waals surface area contributed by atoms with Crippen LogP contribution in [-0.2, 0) is 16.4 Å². The Bertz CT molecular complexity index is 439. The van der Waals surface area contributed by atoms with E-state index in [2.05, 4.69) is 10.4 Å². The zero-order chi connectivity index (χ0) is 12.9. The molecule has 0 spiro atoms. The molecule has 0 aliphatic carbocycles. The number of rotatable bonds is 7. The van der Waals surface area contributed by atoms with Gasteiger partial charge in [-0.25, -0.2) is 8.42 Å². The fraction of sp³-hybridized carbons (Fsp3) is 0.727. The van der Waals surface area contributed by atoms with Crippen LogP contribution in [0.25, 0.3) is 0 Å². The standard InChI is InChI=1S/C11H21N3O2S/c1-4-14-9-11(8-13-14)10(3)12-6-7-17(15,16)5-2/h8-10,12H,4-7H2,1-3H3.